The molecule has 0 aliphatic carbocycles. The maximum absolute atomic E-state index is 11.0. The number of cyclic esters (lactones) is 1. The number of nitrogen functional groups attached to an aromatic ring is 1. The van der Waals surface area contributed by atoms with E-state index in [1.54, 1.807) is 18.2 Å². The van der Waals surface area contributed by atoms with Crippen LogP contribution in [0.1, 0.15) is 27.0 Å². The van der Waals surface area contributed by atoms with Gasteiger partial charge in [0.25, 0.3) is 5.69 Å². The quantitative estimate of drug-likeness (QED) is 0.290. The second-order valence-corrected chi connectivity index (χ2v) is 6.75. The van der Waals surface area contributed by atoms with Gasteiger partial charge in [-0.05, 0) is 69.0 Å². The number of nitrogens with two attached hydrogens (primary N) is 1. The monoisotopic (exact) mass is 456 g/mol. The summed E-state index contributed by atoms with van der Waals surface area (Å²) in [5.41, 5.74) is 9.80. The van der Waals surface area contributed by atoms with E-state index in [2.05, 4.69) is 31.9 Å². The van der Waals surface area contributed by atoms with E-state index in [0.29, 0.717) is 22.3 Å². The highest BCUT2D eigenvalue weighted by Gasteiger charge is 2.23. The van der Waals surface area contributed by atoms with E-state index in [9.17, 15) is 14.9 Å². The summed E-state index contributed by atoms with van der Waals surface area (Å²) in [4.78, 5) is 21.1. The Morgan fingerprint density at radius 3 is 2.46 bits per heavy atom. The molecule has 1 aliphatic heterocycles. The molecule has 8 heteroatoms. The smallest absolute Gasteiger partial charge is 0.338 e. The molecule has 0 saturated heterocycles. The second-order valence-electron chi connectivity index (χ2n) is 5.17. The predicted octanol–water partition coefficient (Wildman–Crippen LogP) is 4.68. The van der Waals surface area contributed by atoms with Gasteiger partial charge in [0.1, 0.15) is 6.61 Å². The summed E-state index contributed by atoms with van der Waals surface area (Å²) in [6.07, 6.45) is 0. The number of benzene rings is 2. The number of nitro benzene ring substituents is 1. The first-order valence-electron chi connectivity index (χ1n) is 6.88. The number of carbonyl (C=O) groups is 1. The molecule has 24 heavy (non-hydrogen) atoms. The number of hydrogen-bond acceptors (Lipinski definition) is 5. The number of hydrogen-bond donors (Lipinski definition) is 1. The van der Waals surface area contributed by atoms with Crippen molar-refractivity contribution in [1.82, 2.24) is 0 Å². The van der Waals surface area contributed by atoms with Crippen LogP contribution >= 0.6 is 31.9 Å². The van der Waals surface area contributed by atoms with Crippen molar-refractivity contribution in [3.8, 4) is 0 Å². The van der Waals surface area contributed by atoms with Gasteiger partial charge in [-0.15, -0.1) is 0 Å². The molecular formula is C16H14Br2N2O4. The average molecular weight is 458 g/mol. The Balaban J connectivity index is 0.000000174. The van der Waals surface area contributed by atoms with Gasteiger partial charge in [0.15, 0.2) is 0 Å². The Bertz CT molecular complexity index is 831. The molecule has 1 heterocycles. The normalized spacial score (nSPS) is 12.1. The van der Waals surface area contributed by atoms with Crippen LogP contribution in [0.15, 0.2) is 33.2 Å². The zero-order valence-electron chi connectivity index (χ0n) is 12.9. The molecule has 0 aromatic heterocycles. The van der Waals surface area contributed by atoms with E-state index in [-0.39, 0.29) is 11.7 Å². The summed E-state index contributed by atoms with van der Waals surface area (Å²) in [5, 5.41) is 10.5. The van der Waals surface area contributed by atoms with Gasteiger partial charge in [-0.1, -0.05) is 6.07 Å². The predicted molar refractivity (Wildman–Crippen MR) is 97.9 cm³/mol. The lowest BCUT2D eigenvalue weighted by Crippen LogP contribution is -1.95. The third kappa shape index (κ3) is 3.59. The van der Waals surface area contributed by atoms with E-state index in [4.69, 9.17) is 10.5 Å². The Morgan fingerprint density at radius 2 is 1.83 bits per heavy atom. The molecule has 2 aromatic carbocycles. The van der Waals surface area contributed by atoms with Gasteiger partial charge in [0.2, 0.25) is 0 Å². The third-order valence-electron chi connectivity index (χ3n) is 3.67. The highest BCUT2D eigenvalue weighted by atomic mass is 79.9. The standard InChI is InChI=1S/C8H6BrNO2.C8H8BrNO2/c9-7-5-3-12-8(11)4(5)1-2-6(7)10;1-5-3-4-7(10(11)12)8(9)6(5)2/h1-2H,3,10H2;3-4H,1-2H3. The minimum atomic E-state index is -0.392. The SMILES string of the molecule is Cc1ccc([N+](=O)[O-])c(Br)c1C.Nc1ccc2c(c1Br)COC2=O. The van der Waals surface area contributed by atoms with Gasteiger partial charge < -0.3 is 10.5 Å². The topological polar surface area (TPSA) is 95.5 Å². The number of halogens is 2. The van der Waals surface area contributed by atoms with Crippen molar-refractivity contribution in [2.75, 3.05) is 5.73 Å². The molecule has 0 radical (unpaired) electrons. The van der Waals surface area contributed by atoms with Crippen LogP contribution in [0.4, 0.5) is 11.4 Å². The van der Waals surface area contributed by atoms with Crippen LogP contribution in [-0.2, 0) is 11.3 Å². The first kappa shape index (κ1) is 18.4. The van der Waals surface area contributed by atoms with Gasteiger partial charge in [-0.25, -0.2) is 4.79 Å². The first-order valence-corrected chi connectivity index (χ1v) is 8.46. The fourth-order valence-corrected chi connectivity index (χ4v) is 3.15. The second kappa shape index (κ2) is 7.31. The van der Waals surface area contributed by atoms with Crippen molar-refractivity contribution in [2.24, 2.45) is 0 Å². The molecule has 0 saturated carbocycles. The van der Waals surface area contributed by atoms with E-state index < -0.39 is 4.92 Å². The Labute approximate surface area is 155 Å². The molecule has 0 spiro atoms. The summed E-state index contributed by atoms with van der Waals surface area (Å²) < 4.78 is 6.18. The average Bonchev–Trinajstić information content (AvgIpc) is 2.91. The maximum atomic E-state index is 11.0. The van der Waals surface area contributed by atoms with Gasteiger partial charge in [-0.2, -0.15) is 0 Å². The highest BCUT2D eigenvalue weighted by molar-refractivity contribution is 9.11. The summed E-state index contributed by atoms with van der Waals surface area (Å²) in [6, 6.07) is 6.63. The molecule has 6 nitrogen and oxygen atoms in total. The van der Waals surface area contributed by atoms with E-state index in [1.165, 1.54) is 6.07 Å². The molecule has 0 fully saturated rings. The third-order valence-corrected chi connectivity index (χ3v) is 5.61. The van der Waals surface area contributed by atoms with Crippen molar-refractivity contribution < 1.29 is 14.5 Å². The van der Waals surface area contributed by atoms with Crippen molar-refractivity contribution in [2.45, 2.75) is 20.5 Å². The number of rotatable bonds is 1. The molecule has 2 aromatic rings. The van der Waals surface area contributed by atoms with Crippen LogP contribution in [0.3, 0.4) is 0 Å². The number of carbonyl (C=O) groups excluding carboxylic acids is 1. The molecule has 1 aliphatic rings. The molecule has 3 rings (SSSR count). The summed E-state index contributed by atoms with van der Waals surface area (Å²) in [6.45, 7) is 4.09. The lowest BCUT2D eigenvalue weighted by molar-refractivity contribution is -0.385. The number of esters is 1. The lowest BCUT2D eigenvalue weighted by Gasteiger charge is -2.02. The summed E-state index contributed by atoms with van der Waals surface area (Å²) >= 11 is 6.49. The van der Waals surface area contributed by atoms with Crippen LogP contribution in [0.5, 0.6) is 0 Å². The largest absolute Gasteiger partial charge is 0.457 e. The summed E-state index contributed by atoms with van der Waals surface area (Å²) in [7, 11) is 0. The zero-order chi connectivity index (χ0) is 18.0. The van der Waals surface area contributed by atoms with Crippen molar-refractivity contribution in [3.05, 3.63) is 65.6 Å². The van der Waals surface area contributed by atoms with Crippen LogP contribution in [0, 0.1) is 24.0 Å². The van der Waals surface area contributed by atoms with Crippen molar-refractivity contribution in [1.29, 1.82) is 0 Å². The van der Waals surface area contributed by atoms with Crippen LogP contribution < -0.4 is 5.73 Å². The lowest BCUT2D eigenvalue weighted by atomic mass is 10.1. The maximum Gasteiger partial charge on any atom is 0.338 e. The van der Waals surface area contributed by atoms with Crippen molar-refractivity contribution >= 4 is 49.2 Å². The van der Waals surface area contributed by atoms with Gasteiger partial charge in [0, 0.05) is 21.8 Å². The Hall–Kier alpha value is -1.93. The molecule has 0 unspecified atom stereocenters. The van der Waals surface area contributed by atoms with Gasteiger partial charge in [0.05, 0.1) is 15.0 Å². The number of aryl methyl sites for hydroxylation is 1. The summed E-state index contributed by atoms with van der Waals surface area (Å²) in [5.74, 6) is -0.272. The molecule has 2 N–H and O–H groups in total. The molecule has 0 atom stereocenters. The number of ether oxygens (including phenoxy) is 1. The highest BCUT2D eigenvalue weighted by Crippen LogP contribution is 2.32. The zero-order valence-corrected chi connectivity index (χ0v) is 16.1. The fraction of sp³-hybridized carbons (Fsp3) is 0.188. The number of nitrogens with zero attached hydrogens (tertiary/aromatic N) is 1. The van der Waals surface area contributed by atoms with Crippen LogP contribution in [0.2, 0.25) is 0 Å². The number of anilines is 1. The van der Waals surface area contributed by atoms with Crippen LogP contribution in [0.25, 0.3) is 0 Å². The fourth-order valence-electron chi connectivity index (χ4n) is 2.10. The first-order chi connectivity index (χ1) is 11.2. The molecule has 0 bridgehead atoms. The molecule has 0 amide bonds. The van der Waals surface area contributed by atoms with Gasteiger partial charge >= 0.3 is 5.97 Å². The minimum Gasteiger partial charge on any atom is -0.457 e. The Kier molecular flexibility index (Phi) is 5.61. The van der Waals surface area contributed by atoms with E-state index in [1.807, 2.05) is 13.8 Å². The van der Waals surface area contributed by atoms with E-state index >= 15 is 0 Å². The number of fused-ring (bicyclic) bond motifs is 1. The van der Waals surface area contributed by atoms with Crippen LogP contribution in [-0.4, -0.2) is 10.9 Å². The van der Waals surface area contributed by atoms with E-state index in [0.717, 1.165) is 21.2 Å². The van der Waals surface area contributed by atoms with Crippen molar-refractivity contribution in [3.63, 3.8) is 0 Å². The van der Waals surface area contributed by atoms with Gasteiger partial charge in [-0.3, -0.25) is 10.1 Å². The minimum absolute atomic E-state index is 0.123. The molecule has 126 valence electrons. The molecular weight excluding hydrogens is 444 g/mol. The number of nitro groups is 1. The Morgan fingerprint density at radius 1 is 1.17 bits per heavy atom.